The minimum absolute atomic E-state index is 0.0375. The summed E-state index contributed by atoms with van der Waals surface area (Å²) in [5.74, 6) is 0.542. The fraction of sp³-hybridized carbons (Fsp3) is 0.375. The summed E-state index contributed by atoms with van der Waals surface area (Å²) >= 11 is 3.46. The number of carbonyl (C=O) groups excluding carboxylic acids is 1. The van der Waals surface area contributed by atoms with Crippen LogP contribution in [0.25, 0.3) is 10.9 Å². The largest absolute Gasteiger partial charge is 0.310 e. The third-order valence-electron chi connectivity index (χ3n) is 3.22. The Balaban J connectivity index is 2.52. The van der Waals surface area contributed by atoms with Crippen molar-refractivity contribution in [3.63, 3.8) is 0 Å². The zero-order valence-electron chi connectivity index (χ0n) is 12.2. The number of rotatable bonds is 2. The van der Waals surface area contributed by atoms with E-state index in [9.17, 15) is 4.79 Å². The number of amides is 1. The normalized spacial score (nSPS) is 11.7. The van der Waals surface area contributed by atoms with Crippen molar-refractivity contribution >= 4 is 38.6 Å². The first-order chi connectivity index (χ1) is 9.31. The molecule has 20 heavy (non-hydrogen) atoms. The molecule has 1 amide bonds. The molecule has 0 fully saturated rings. The van der Waals surface area contributed by atoms with Crippen molar-refractivity contribution in [3.05, 3.63) is 34.3 Å². The van der Waals surface area contributed by atoms with Crippen LogP contribution < -0.4 is 5.32 Å². The van der Waals surface area contributed by atoms with Gasteiger partial charge in [-0.2, -0.15) is 0 Å². The van der Waals surface area contributed by atoms with Crippen molar-refractivity contribution < 1.29 is 4.79 Å². The molecule has 1 aromatic carbocycles. The minimum atomic E-state index is -0.0375. The van der Waals surface area contributed by atoms with E-state index in [1.165, 1.54) is 5.56 Å². The molecule has 3 nitrogen and oxygen atoms in total. The third kappa shape index (κ3) is 3.18. The number of hydrogen-bond acceptors (Lipinski definition) is 2. The number of nitrogens with one attached hydrogen (secondary N) is 1. The van der Waals surface area contributed by atoms with E-state index in [1.54, 1.807) is 0 Å². The number of halogens is 1. The van der Waals surface area contributed by atoms with E-state index in [2.05, 4.69) is 65.2 Å². The average Bonchev–Trinajstić information content (AvgIpc) is 2.37. The summed E-state index contributed by atoms with van der Waals surface area (Å²) in [6, 6.07) is 8.27. The Labute approximate surface area is 127 Å². The van der Waals surface area contributed by atoms with Gasteiger partial charge in [0.1, 0.15) is 5.82 Å². The Hall–Kier alpha value is -1.42. The zero-order chi connectivity index (χ0) is 14.9. The standard InChI is InChI=1S/C16H19BrN2O/c1-5-14(20)19-15-12(17)8-10-6-7-11(16(2,3)4)9-13(10)18-15/h6-9H,5H2,1-4H3,(H,18,19,20). The van der Waals surface area contributed by atoms with E-state index >= 15 is 0 Å². The van der Waals surface area contributed by atoms with Crippen LogP contribution in [-0.2, 0) is 10.2 Å². The second-order valence-corrected chi connectivity index (χ2v) is 6.73. The molecule has 0 aliphatic carbocycles. The van der Waals surface area contributed by atoms with Gasteiger partial charge < -0.3 is 5.32 Å². The highest BCUT2D eigenvalue weighted by Gasteiger charge is 2.15. The highest BCUT2D eigenvalue weighted by atomic mass is 79.9. The molecule has 1 N–H and O–H groups in total. The number of carbonyl (C=O) groups is 1. The maximum atomic E-state index is 11.5. The monoisotopic (exact) mass is 334 g/mol. The lowest BCUT2D eigenvalue weighted by Crippen LogP contribution is -2.12. The van der Waals surface area contributed by atoms with E-state index in [-0.39, 0.29) is 11.3 Å². The van der Waals surface area contributed by atoms with Gasteiger partial charge in [0.05, 0.1) is 9.99 Å². The average molecular weight is 335 g/mol. The number of anilines is 1. The van der Waals surface area contributed by atoms with Gasteiger partial charge in [-0.25, -0.2) is 4.98 Å². The minimum Gasteiger partial charge on any atom is -0.310 e. The molecule has 4 heteroatoms. The number of pyridine rings is 1. The molecule has 0 saturated heterocycles. The number of nitrogens with zero attached hydrogens (tertiary/aromatic N) is 1. The predicted molar refractivity (Wildman–Crippen MR) is 87.1 cm³/mol. The summed E-state index contributed by atoms with van der Waals surface area (Å²) in [5.41, 5.74) is 2.20. The van der Waals surface area contributed by atoms with E-state index in [1.807, 2.05) is 13.0 Å². The summed E-state index contributed by atoms with van der Waals surface area (Å²) in [6.07, 6.45) is 0.439. The molecule has 0 saturated carbocycles. The topological polar surface area (TPSA) is 42.0 Å². The summed E-state index contributed by atoms with van der Waals surface area (Å²) < 4.78 is 0.801. The molecular weight excluding hydrogens is 316 g/mol. The summed E-state index contributed by atoms with van der Waals surface area (Å²) in [4.78, 5) is 16.1. The van der Waals surface area contributed by atoms with Crippen LogP contribution in [0.3, 0.4) is 0 Å². The number of fused-ring (bicyclic) bond motifs is 1. The maximum Gasteiger partial charge on any atom is 0.225 e. The van der Waals surface area contributed by atoms with Crippen molar-refractivity contribution in [1.82, 2.24) is 4.98 Å². The van der Waals surface area contributed by atoms with Crippen LogP contribution in [0, 0.1) is 0 Å². The SMILES string of the molecule is CCC(=O)Nc1nc2cc(C(C)(C)C)ccc2cc1Br. The van der Waals surface area contributed by atoms with Gasteiger partial charge in [0.2, 0.25) is 5.91 Å². The van der Waals surface area contributed by atoms with Gasteiger partial charge in [0, 0.05) is 11.8 Å². The van der Waals surface area contributed by atoms with Gasteiger partial charge in [0.25, 0.3) is 0 Å². The van der Waals surface area contributed by atoms with Gasteiger partial charge in [-0.1, -0.05) is 39.8 Å². The van der Waals surface area contributed by atoms with E-state index in [0.717, 1.165) is 15.4 Å². The highest BCUT2D eigenvalue weighted by molar-refractivity contribution is 9.10. The van der Waals surface area contributed by atoms with Gasteiger partial charge >= 0.3 is 0 Å². The zero-order valence-corrected chi connectivity index (χ0v) is 13.8. The molecule has 0 atom stereocenters. The lowest BCUT2D eigenvalue weighted by atomic mass is 9.86. The van der Waals surface area contributed by atoms with Crippen LogP contribution in [0.2, 0.25) is 0 Å². The summed E-state index contributed by atoms with van der Waals surface area (Å²) in [7, 11) is 0. The smallest absolute Gasteiger partial charge is 0.225 e. The van der Waals surface area contributed by atoms with Gasteiger partial charge in [-0.3, -0.25) is 4.79 Å². The second-order valence-electron chi connectivity index (χ2n) is 5.88. The van der Waals surface area contributed by atoms with E-state index in [4.69, 9.17) is 0 Å². The Morgan fingerprint density at radius 3 is 2.60 bits per heavy atom. The fourth-order valence-corrected chi connectivity index (χ4v) is 2.35. The second kappa shape index (κ2) is 5.52. The molecule has 0 bridgehead atoms. The number of aromatic nitrogens is 1. The molecule has 0 aliphatic rings. The molecular formula is C16H19BrN2O. The van der Waals surface area contributed by atoms with Crippen LogP contribution in [0.1, 0.15) is 39.7 Å². The Morgan fingerprint density at radius 1 is 1.30 bits per heavy atom. The van der Waals surface area contributed by atoms with Crippen LogP contribution >= 0.6 is 15.9 Å². The van der Waals surface area contributed by atoms with Gasteiger partial charge in [-0.15, -0.1) is 0 Å². The third-order valence-corrected chi connectivity index (χ3v) is 3.82. The Bertz CT molecular complexity index is 659. The molecule has 1 heterocycles. The van der Waals surface area contributed by atoms with Crippen LogP contribution in [-0.4, -0.2) is 10.9 Å². The van der Waals surface area contributed by atoms with Crippen molar-refractivity contribution in [2.45, 2.75) is 39.5 Å². The van der Waals surface area contributed by atoms with Crippen molar-refractivity contribution in [2.75, 3.05) is 5.32 Å². The molecule has 1 aromatic heterocycles. The fourth-order valence-electron chi connectivity index (χ4n) is 1.92. The highest BCUT2D eigenvalue weighted by Crippen LogP contribution is 2.29. The predicted octanol–water partition coefficient (Wildman–Crippen LogP) is 4.64. The lowest BCUT2D eigenvalue weighted by molar-refractivity contribution is -0.115. The lowest BCUT2D eigenvalue weighted by Gasteiger charge is -2.19. The van der Waals surface area contributed by atoms with Crippen LogP contribution in [0.4, 0.5) is 5.82 Å². The molecule has 2 rings (SSSR count). The molecule has 106 valence electrons. The van der Waals surface area contributed by atoms with Crippen molar-refractivity contribution in [3.8, 4) is 0 Å². The van der Waals surface area contributed by atoms with E-state index in [0.29, 0.717) is 12.2 Å². The summed E-state index contributed by atoms with van der Waals surface area (Å²) in [6.45, 7) is 8.34. The number of benzene rings is 1. The molecule has 0 radical (unpaired) electrons. The Morgan fingerprint density at radius 2 is 2.00 bits per heavy atom. The van der Waals surface area contributed by atoms with E-state index < -0.39 is 0 Å². The van der Waals surface area contributed by atoms with Crippen molar-refractivity contribution in [1.29, 1.82) is 0 Å². The van der Waals surface area contributed by atoms with Crippen LogP contribution in [0.5, 0.6) is 0 Å². The van der Waals surface area contributed by atoms with Crippen molar-refractivity contribution in [2.24, 2.45) is 0 Å². The van der Waals surface area contributed by atoms with Gasteiger partial charge in [-0.05, 0) is 39.0 Å². The Kier molecular flexibility index (Phi) is 4.14. The van der Waals surface area contributed by atoms with Gasteiger partial charge in [0.15, 0.2) is 0 Å². The first kappa shape index (κ1) is 15.0. The molecule has 0 spiro atoms. The maximum absolute atomic E-state index is 11.5. The first-order valence-corrected chi connectivity index (χ1v) is 7.51. The molecule has 0 aliphatic heterocycles. The first-order valence-electron chi connectivity index (χ1n) is 6.72. The number of hydrogen-bond donors (Lipinski definition) is 1. The quantitative estimate of drug-likeness (QED) is 0.868. The van der Waals surface area contributed by atoms with Crippen LogP contribution in [0.15, 0.2) is 28.7 Å². The molecule has 0 unspecified atom stereocenters. The summed E-state index contributed by atoms with van der Waals surface area (Å²) in [5, 5.41) is 3.87. The molecule has 2 aromatic rings.